The lowest BCUT2D eigenvalue weighted by atomic mass is 10.2. The van der Waals surface area contributed by atoms with Gasteiger partial charge in [-0.05, 0) is 64.1 Å². The van der Waals surface area contributed by atoms with Crippen LogP contribution >= 0.6 is 27.3 Å². The largest absolute Gasteiger partial charge is 0.435 e. The summed E-state index contributed by atoms with van der Waals surface area (Å²) in [7, 11) is -3.90. The van der Waals surface area contributed by atoms with Crippen molar-refractivity contribution < 1.29 is 21.6 Å². The Balaban J connectivity index is 2.20. The third-order valence-corrected chi connectivity index (χ3v) is 6.88. The molecule has 0 unspecified atom stereocenters. The fraction of sp³-hybridized carbons (Fsp3) is 0.133. The van der Waals surface area contributed by atoms with Crippen molar-refractivity contribution in [1.82, 2.24) is 9.78 Å². The number of nitrogens with two attached hydrogens (primary N) is 1. The molecule has 0 fully saturated rings. The molecule has 1 aromatic carbocycles. The monoisotopic (exact) mass is 465 g/mol. The highest BCUT2D eigenvalue weighted by Crippen LogP contribution is 2.40. The summed E-state index contributed by atoms with van der Waals surface area (Å²) in [5, 5.41) is 10.5. The van der Waals surface area contributed by atoms with Gasteiger partial charge in [0.15, 0.2) is 5.69 Å². The molecule has 0 spiro atoms. The van der Waals surface area contributed by atoms with Crippen LogP contribution in [0.15, 0.2) is 45.1 Å². The highest BCUT2D eigenvalue weighted by atomic mass is 79.9. The molecule has 3 aromatic rings. The van der Waals surface area contributed by atoms with E-state index in [9.17, 15) is 21.6 Å². The van der Waals surface area contributed by atoms with Crippen molar-refractivity contribution in [2.45, 2.75) is 18.0 Å². The number of aryl methyl sites for hydroxylation is 1. The van der Waals surface area contributed by atoms with Crippen molar-refractivity contribution in [2.24, 2.45) is 5.14 Å². The van der Waals surface area contributed by atoms with Crippen molar-refractivity contribution in [3.8, 4) is 16.3 Å². The van der Waals surface area contributed by atoms with E-state index >= 15 is 0 Å². The molecule has 0 aliphatic heterocycles. The summed E-state index contributed by atoms with van der Waals surface area (Å²) in [4.78, 5) is 0.445. The average molecular weight is 466 g/mol. The normalized spacial score (nSPS) is 12.5. The molecule has 3 rings (SSSR count). The molecule has 2 heterocycles. The molecule has 0 aliphatic rings. The first kappa shape index (κ1) is 19.1. The average Bonchev–Trinajstić information content (AvgIpc) is 3.11. The van der Waals surface area contributed by atoms with Crippen molar-refractivity contribution in [2.75, 3.05) is 0 Å². The number of thiophene rings is 1. The van der Waals surface area contributed by atoms with Crippen LogP contribution in [0.3, 0.4) is 0 Å². The number of benzene rings is 1. The first-order valence-electron chi connectivity index (χ1n) is 7.03. The lowest BCUT2D eigenvalue weighted by Gasteiger charge is -2.08. The molecule has 0 atom stereocenters. The van der Waals surface area contributed by atoms with Crippen molar-refractivity contribution in [1.29, 1.82) is 0 Å². The zero-order valence-corrected chi connectivity index (χ0v) is 16.3. The molecule has 0 bridgehead atoms. The van der Waals surface area contributed by atoms with Gasteiger partial charge in [0.1, 0.15) is 0 Å². The Morgan fingerprint density at radius 3 is 2.31 bits per heavy atom. The quantitative estimate of drug-likeness (QED) is 0.624. The van der Waals surface area contributed by atoms with Crippen LogP contribution in [0.5, 0.6) is 0 Å². The Morgan fingerprint density at radius 2 is 1.85 bits per heavy atom. The lowest BCUT2D eigenvalue weighted by molar-refractivity contribution is -0.141. The highest BCUT2D eigenvalue weighted by Gasteiger charge is 2.35. The Labute approximate surface area is 159 Å². The molecule has 11 heteroatoms. The van der Waals surface area contributed by atoms with Gasteiger partial charge in [0.25, 0.3) is 0 Å². The highest BCUT2D eigenvalue weighted by molar-refractivity contribution is 9.10. The van der Waals surface area contributed by atoms with E-state index in [1.54, 1.807) is 0 Å². The summed E-state index contributed by atoms with van der Waals surface area (Å²) in [5.41, 5.74) is 0.364. The van der Waals surface area contributed by atoms with E-state index in [1.807, 2.05) is 12.3 Å². The van der Waals surface area contributed by atoms with Crippen LogP contribution < -0.4 is 5.14 Å². The van der Waals surface area contributed by atoms with Gasteiger partial charge in [-0.15, -0.1) is 11.3 Å². The maximum atomic E-state index is 13.2. The summed E-state index contributed by atoms with van der Waals surface area (Å²) >= 11 is 4.66. The molecule has 138 valence electrons. The maximum Gasteiger partial charge on any atom is 0.435 e. The predicted octanol–water partition coefficient (Wildman–Crippen LogP) is 4.34. The SMILES string of the molecule is Cc1csc(-c2cc(C(F)(F)F)nn2-c2ccc(S(N)(=O)=O)cc2)c1Br. The number of alkyl halides is 3. The molecule has 0 aliphatic carbocycles. The minimum absolute atomic E-state index is 0.140. The summed E-state index contributed by atoms with van der Waals surface area (Å²) in [6.45, 7) is 1.83. The molecule has 0 saturated heterocycles. The molecule has 26 heavy (non-hydrogen) atoms. The summed E-state index contributed by atoms with van der Waals surface area (Å²) in [6, 6.07) is 6.11. The van der Waals surface area contributed by atoms with Gasteiger partial charge in [-0.2, -0.15) is 18.3 Å². The molecule has 0 amide bonds. The van der Waals surface area contributed by atoms with E-state index in [0.717, 1.165) is 16.3 Å². The van der Waals surface area contributed by atoms with Gasteiger partial charge in [0.2, 0.25) is 10.0 Å². The van der Waals surface area contributed by atoms with Crippen LogP contribution in [0.2, 0.25) is 0 Å². The first-order chi connectivity index (χ1) is 12.0. The van der Waals surface area contributed by atoms with E-state index < -0.39 is 21.9 Å². The second-order valence-corrected chi connectivity index (χ2v) is 8.66. The van der Waals surface area contributed by atoms with Crippen LogP contribution in [0.25, 0.3) is 16.3 Å². The smallest absolute Gasteiger partial charge is 0.232 e. The van der Waals surface area contributed by atoms with E-state index in [4.69, 9.17) is 5.14 Å². The topological polar surface area (TPSA) is 78.0 Å². The number of hydrogen-bond donors (Lipinski definition) is 1. The second kappa shape index (κ2) is 6.48. The third kappa shape index (κ3) is 3.56. The van der Waals surface area contributed by atoms with Gasteiger partial charge >= 0.3 is 6.18 Å². The van der Waals surface area contributed by atoms with E-state index in [-0.39, 0.29) is 16.3 Å². The van der Waals surface area contributed by atoms with Gasteiger partial charge in [0, 0.05) is 4.47 Å². The molecule has 0 saturated carbocycles. The van der Waals surface area contributed by atoms with Crippen LogP contribution in [0.1, 0.15) is 11.3 Å². The van der Waals surface area contributed by atoms with Gasteiger partial charge in [-0.25, -0.2) is 18.2 Å². The summed E-state index contributed by atoms with van der Waals surface area (Å²) in [6.07, 6.45) is -4.61. The predicted molar refractivity (Wildman–Crippen MR) is 95.7 cm³/mol. The number of primary sulfonamides is 1. The second-order valence-electron chi connectivity index (χ2n) is 5.43. The fourth-order valence-corrected chi connectivity index (χ4v) is 4.47. The van der Waals surface area contributed by atoms with Crippen LogP contribution in [0.4, 0.5) is 13.2 Å². The van der Waals surface area contributed by atoms with Gasteiger partial charge in [-0.1, -0.05) is 0 Å². The molecular weight excluding hydrogens is 455 g/mol. The number of sulfonamides is 1. The maximum absolute atomic E-state index is 13.2. The zero-order chi connectivity index (χ0) is 19.3. The summed E-state index contributed by atoms with van der Waals surface area (Å²) < 4.78 is 64.0. The minimum atomic E-state index is -4.61. The Bertz CT molecular complexity index is 1070. The number of aromatic nitrogens is 2. The van der Waals surface area contributed by atoms with Gasteiger partial charge in [-0.3, -0.25) is 0 Å². The van der Waals surface area contributed by atoms with Crippen molar-refractivity contribution in [3.63, 3.8) is 0 Å². The van der Waals surface area contributed by atoms with Crippen LogP contribution in [0, 0.1) is 6.92 Å². The Hall–Kier alpha value is -1.69. The van der Waals surface area contributed by atoms with E-state index in [1.165, 1.54) is 35.6 Å². The Morgan fingerprint density at radius 1 is 1.23 bits per heavy atom. The number of rotatable bonds is 3. The molecule has 2 aromatic heterocycles. The summed E-state index contributed by atoms with van der Waals surface area (Å²) in [5.74, 6) is 0. The van der Waals surface area contributed by atoms with E-state index in [2.05, 4.69) is 21.0 Å². The van der Waals surface area contributed by atoms with Crippen molar-refractivity contribution in [3.05, 3.63) is 51.4 Å². The standard InChI is InChI=1S/C15H11BrF3N3O2S2/c1-8-7-25-14(13(8)16)11-6-12(15(17,18)19)21-22(11)9-2-4-10(5-3-9)26(20,23)24/h2-7H,1H3,(H2,20,23,24). The van der Waals surface area contributed by atoms with Gasteiger partial charge < -0.3 is 0 Å². The van der Waals surface area contributed by atoms with Crippen molar-refractivity contribution >= 4 is 37.3 Å². The zero-order valence-electron chi connectivity index (χ0n) is 13.1. The number of hydrogen-bond acceptors (Lipinski definition) is 4. The van der Waals surface area contributed by atoms with E-state index in [0.29, 0.717) is 9.35 Å². The van der Waals surface area contributed by atoms with Crippen LogP contribution in [-0.4, -0.2) is 18.2 Å². The first-order valence-corrected chi connectivity index (χ1v) is 10.2. The third-order valence-electron chi connectivity index (χ3n) is 3.54. The number of halogens is 4. The molecule has 5 nitrogen and oxygen atoms in total. The Kier molecular flexibility index (Phi) is 4.76. The lowest BCUT2D eigenvalue weighted by Crippen LogP contribution is -2.12. The minimum Gasteiger partial charge on any atom is -0.232 e. The molecular formula is C15H11BrF3N3O2S2. The number of nitrogens with zero attached hydrogens (tertiary/aromatic N) is 2. The van der Waals surface area contributed by atoms with Gasteiger partial charge in [0.05, 0.1) is 21.2 Å². The van der Waals surface area contributed by atoms with Crippen LogP contribution in [-0.2, 0) is 16.2 Å². The molecule has 2 N–H and O–H groups in total. The fourth-order valence-electron chi connectivity index (χ4n) is 2.26. The molecule has 0 radical (unpaired) electrons.